The smallest absolute Gasteiger partial charge is 0.215 e. The Balaban J connectivity index is 1.95. The highest BCUT2D eigenvalue weighted by molar-refractivity contribution is 6.08. The molecule has 0 amide bonds. The van der Waals surface area contributed by atoms with Crippen LogP contribution in [-0.2, 0) is 7.05 Å². The fourth-order valence-corrected chi connectivity index (χ4v) is 4.05. The van der Waals surface area contributed by atoms with Crippen LogP contribution in [0.5, 0.6) is 0 Å². The first kappa shape index (κ1) is 13.0. The zero-order chi connectivity index (χ0) is 16.5. The van der Waals surface area contributed by atoms with Crippen molar-refractivity contribution in [1.29, 1.82) is 0 Å². The van der Waals surface area contributed by atoms with E-state index in [9.17, 15) is 0 Å². The summed E-state index contributed by atoms with van der Waals surface area (Å²) in [7, 11) is 2.10. The van der Waals surface area contributed by atoms with Crippen LogP contribution in [-0.4, -0.2) is 14.0 Å². The lowest BCUT2D eigenvalue weighted by molar-refractivity contribution is 0.974. The first-order chi connectivity index (χ1) is 12.3. The van der Waals surface area contributed by atoms with Crippen molar-refractivity contribution < 1.29 is 0 Å². The fraction of sp³-hybridized carbons (Fsp3) is 0.0455. The Hall–Kier alpha value is -3.33. The van der Waals surface area contributed by atoms with E-state index in [0.29, 0.717) is 0 Å². The van der Waals surface area contributed by atoms with Gasteiger partial charge in [-0.15, -0.1) is 0 Å². The van der Waals surface area contributed by atoms with Crippen LogP contribution in [0.15, 0.2) is 72.8 Å². The number of nitrogens with zero attached hydrogens (tertiary/aromatic N) is 3. The van der Waals surface area contributed by atoms with Crippen molar-refractivity contribution in [3.05, 3.63) is 72.8 Å². The second-order valence-corrected chi connectivity index (χ2v) is 6.65. The number of aromatic nitrogens is 3. The summed E-state index contributed by atoms with van der Waals surface area (Å²) in [4.78, 5) is 4.92. The minimum atomic E-state index is 0.983. The molecule has 0 N–H and O–H groups in total. The van der Waals surface area contributed by atoms with E-state index < -0.39 is 0 Å². The van der Waals surface area contributed by atoms with Gasteiger partial charge in [0.15, 0.2) is 0 Å². The van der Waals surface area contributed by atoms with Crippen LogP contribution in [0.3, 0.4) is 0 Å². The molecule has 2 heterocycles. The molecule has 3 heteroatoms. The highest BCUT2D eigenvalue weighted by Crippen LogP contribution is 2.32. The van der Waals surface area contributed by atoms with E-state index in [1.54, 1.807) is 0 Å². The van der Waals surface area contributed by atoms with Gasteiger partial charge in [0.2, 0.25) is 5.78 Å². The molecule has 118 valence electrons. The topological polar surface area (TPSA) is 22.2 Å². The van der Waals surface area contributed by atoms with Gasteiger partial charge < -0.3 is 4.57 Å². The summed E-state index contributed by atoms with van der Waals surface area (Å²) in [5.41, 5.74) is 4.64. The molecule has 0 fully saturated rings. The lowest BCUT2D eigenvalue weighted by Gasteiger charge is -2.02. The standard InChI is InChI=1S/C22H15N3/c1-24-19-12-15-7-2-3-8-16(15)13-20(19)25-21-17-9-5-4-6-14(17)10-11-18(21)23-22(24)25/h2-13H,1H3. The second kappa shape index (κ2) is 4.39. The molecule has 0 saturated carbocycles. The van der Waals surface area contributed by atoms with Crippen LogP contribution in [0, 0.1) is 0 Å². The number of hydrogen-bond donors (Lipinski definition) is 0. The molecule has 0 aliphatic heterocycles. The van der Waals surface area contributed by atoms with E-state index in [0.717, 1.165) is 11.3 Å². The van der Waals surface area contributed by atoms with Crippen molar-refractivity contribution >= 4 is 49.4 Å². The molecule has 0 aliphatic rings. The van der Waals surface area contributed by atoms with Crippen molar-refractivity contribution in [1.82, 2.24) is 14.0 Å². The van der Waals surface area contributed by atoms with Crippen LogP contribution >= 0.6 is 0 Å². The average molecular weight is 321 g/mol. The van der Waals surface area contributed by atoms with Crippen LogP contribution in [0.1, 0.15) is 0 Å². The van der Waals surface area contributed by atoms with Crippen LogP contribution in [0.25, 0.3) is 49.4 Å². The summed E-state index contributed by atoms with van der Waals surface area (Å²) < 4.78 is 4.50. The number of imidazole rings is 2. The lowest BCUT2D eigenvalue weighted by Crippen LogP contribution is -1.88. The first-order valence-corrected chi connectivity index (χ1v) is 8.48. The molecule has 6 aromatic rings. The molecule has 0 atom stereocenters. The van der Waals surface area contributed by atoms with Gasteiger partial charge >= 0.3 is 0 Å². The predicted octanol–water partition coefficient (Wildman–Crippen LogP) is 5.29. The molecule has 6 rings (SSSR count). The molecule has 0 saturated heterocycles. The molecule has 25 heavy (non-hydrogen) atoms. The first-order valence-electron chi connectivity index (χ1n) is 8.48. The van der Waals surface area contributed by atoms with E-state index >= 15 is 0 Å². The molecule has 0 spiro atoms. The molecule has 0 radical (unpaired) electrons. The molecular weight excluding hydrogens is 306 g/mol. The van der Waals surface area contributed by atoms with E-state index in [2.05, 4.69) is 88.8 Å². The maximum absolute atomic E-state index is 4.92. The lowest BCUT2D eigenvalue weighted by atomic mass is 10.1. The normalized spacial score (nSPS) is 12.2. The van der Waals surface area contributed by atoms with E-state index in [1.807, 2.05) is 0 Å². The Labute approximate surface area is 143 Å². The maximum Gasteiger partial charge on any atom is 0.215 e. The molecule has 2 aromatic heterocycles. The van der Waals surface area contributed by atoms with Gasteiger partial charge in [-0.2, -0.15) is 0 Å². The number of fused-ring (bicyclic) bond motifs is 8. The molecule has 0 aliphatic carbocycles. The van der Waals surface area contributed by atoms with Gasteiger partial charge in [0.25, 0.3) is 0 Å². The van der Waals surface area contributed by atoms with Crippen molar-refractivity contribution in [2.24, 2.45) is 7.05 Å². The Bertz CT molecular complexity index is 1450. The highest BCUT2D eigenvalue weighted by Gasteiger charge is 2.16. The van der Waals surface area contributed by atoms with E-state index in [-0.39, 0.29) is 0 Å². The summed E-state index contributed by atoms with van der Waals surface area (Å²) in [6, 6.07) is 25.9. The van der Waals surface area contributed by atoms with Gasteiger partial charge in [-0.25, -0.2) is 4.98 Å². The molecule has 0 bridgehead atoms. The zero-order valence-electron chi connectivity index (χ0n) is 13.8. The van der Waals surface area contributed by atoms with Crippen molar-refractivity contribution in [2.75, 3.05) is 0 Å². The summed E-state index contributed by atoms with van der Waals surface area (Å²) in [5.74, 6) is 0.983. The van der Waals surface area contributed by atoms with Crippen molar-refractivity contribution in [3.8, 4) is 0 Å². The van der Waals surface area contributed by atoms with Crippen LogP contribution in [0.4, 0.5) is 0 Å². The molecule has 0 unspecified atom stereocenters. The van der Waals surface area contributed by atoms with Crippen LogP contribution in [0.2, 0.25) is 0 Å². The Morgan fingerprint density at radius 2 is 1.40 bits per heavy atom. The monoisotopic (exact) mass is 321 g/mol. The summed E-state index contributed by atoms with van der Waals surface area (Å²) in [6.45, 7) is 0. The average Bonchev–Trinajstić information content (AvgIpc) is 3.16. The van der Waals surface area contributed by atoms with Crippen molar-refractivity contribution in [3.63, 3.8) is 0 Å². The molecule has 3 nitrogen and oxygen atoms in total. The predicted molar refractivity (Wildman–Crippen MR) is 104 cm³/mol. The highest BCUT2D eigenvalue weighted by atomic mass is 15.2. The van der Waals surface area contributed by atoms with Crippen molar-refractivity contribution in [2.45, 2.75) is 0 Å². The third-order valence-corrected chi connectivity index (χ3v) is 5.27. The Morgan fingerprint density at radius 3 is 2.20 bits per heavy atom. The molecule has 4 aromatic carbocycles. The zero-order valence-corrected chi connectivity index (χ0v) is 13.8. The summed E-state index contributed by atoms with van der Waals surface area (Å²) in [5, 5.41) is 5.00. The molecular formula is C22H15N3. The third-order valence-electron chi connectivity index (χ3n) is 5.27. The number of aryl methyl sites for hydroxylation is 1. The Kier molecular flexibility index (Phi) is 2.29. The quantitative estimate of drug-likeness (QED) is 0.373. The van der Waals surface area contributed by atoms with E-state index in [1.165, 1.54) is 38.1 Å². The minimum Gasteiger partial charge on any atom is -0.313 e. The Morgan fingerprint density at radius 1 is 0.720 bits per heavy atom. The number of rotatable bonds is 0. The van der Waals surface area contributed by atoms with Crippen LogP contribution < -0.4 is 0 Å². The third kappa shape index (κ3) is 1.57. The largest absolute Gasteiger partial charge is 0.313 e. The number of benzene rings is 4. The van der Waals surface area contributed by atoms with Gasteiger partial charge in [0.05, 0.1) is 22.1 Å². The van der Waals surface area contributed by atoms with Gasteiger partial charge in [0, 0.05) is 12.4 Å². The summed E-state index contributed by atoms with van der Waals surface area (Å²) >= 11 is 0. The number of hydrogen-bond acceptors (Lipinski definition) is 1. The van der Waals surface area contributed by atoms with Gasteiger partial charge in [-0.3, -0.25) is 4.40 Å². The maximum atomic E-state index is 4.92. The second-order valence-electron chi connectivity index (χ2n) is 6.65. The SMILES string of the molecule is Cn1c2cc3ccccc3cc2n2c3c(ccc4ccccc43)nc12. The van der Waals surface area contributed by atoms with Gasteiger partial charge in [-0.1, -0.05) is 54.6 Å². The van der Waals surface area contributed by atoms with Gasteiger partial charge in [-0.05, 0) is 34.4 Å². The minimum absolute atomic E-state index is 0.983. The van der Waals surface area contributed by atoms with E-state index in [4.69, 9.17) is 4.98 Å². The summed E-state index contributed by atoms with van der Waals surface area (Å²) in [6.07, 6.45) is 0. The van der Waals surface area contributed by atoms with Gasteiger partial charge in [0.1, 0.15) is 0 Å². The fourth-order valence-electron chi connectivity index (χ4n) is 4.05.